The standard InChI is InChI=1S/C16H26N4O/c1-12(2)10-18-15(21)8-9-17-16-13-6-4-3-5-7-14(13)19-11-20-16/h11-12H,3-10H2,1-2H3,(H,18,21)(H,17,19,20). The van der Waals surface area contributed by atoms with Crippen LogP contribution in [-0.2, 0) is 17.6 Å². The molecule has 5 nitrogen and oxygen atoms in total. The van der Waals surface area contributed by atoms with Gasteiger partial charge in [-0.05, 0) is 31.6 Å². The van der Waals surface area contributed by atoms with E-state index < -0.39 is 0 Å². The topological polar surface area (TPSA) is 66.9 Å². The first kappa shape index (κ1) is 15.7. The van der Waals surface area contributed by atoms with Crippen molar-refractivity contribution in [3.8, 4) is 0 Å². The summed E-state index contributed by atoms with van der Waals surface area (Å²) >= 11 is 0. The van der Waals surface area contributed by atoms with Gasteiger partial charge in [0.05, 0.1) is 0 Å². The number of hydrogen-bond donors (Lipinski definition) is 2. The SMILES string of the molecule is CC(C)CNC(=O)CCNc1ncnc2c1CCCCC2. The molecular formula is C16H26N4O. The van der Waals surface area contributed by atoms with Gasteiger partial charge in [0, 0.05) is 30.8 Å². The highest BCUT2D eigenvalue weighted by atomic mass is 16.1. The van der Waals surface area contributed by atoms with Crippen LogP contribution < -0.4 is 10.6 Å². The Morgan fingerprint density at radius 2 is 2.05 bits per heavy atom. The van der Waals surface area contributed by atoms with E-state index in [0.29, 0.717) is 18.9 Å². The number of carbonyl (C=O) groups excluding carboxylic acids is 1. The first-order valence-electron chi connectivity index (χ1n) is 8.00. The first-order chi connectivity index (χ1) is 10.2. The third-order valence-corrected chi connectivity index (χ3v) is 3.73. The smallest absolute Gasteiger partial charge is 0.221 e. The maximum atomic E-state index is 11.7. The molecule has 0 saturated heterocycles. The van der Waals surface area contributed by atoms with Crippen molar-refractivity contribution in [3.05, 3.63) is 17.6 Å². The summed E-state index contributed by atoms with van der Waals surface area (Å²) < 4.78 is 0. The van der Waals surface area contributed by atoms with Crippen LogP contribution in [0.3, 0.4) is 0 Å². The van der Waals surface area contributed by atoms with E-state index in [1.54, 1.807) is 6.33 Å². The number of fused-ring (bicyclic) bond motifs is 1. The minimum absolute atomic E-state index is 0.0938. The zero-order valence-corrected chi connectivity index (χ0v) is 13.1. The molecule has 0 spiro atoms. The van der Waals surface area contributed by atoms with Gasteiger partial charge in [-0.25, -0.2) is 9.97 Å². The quantitative estimate of drug-likeness (QED) is 0.789. The lowest BCUT2D eigenvalue weighted by molar-refractivity contribution is -0.120. The summed E-state index contributed by atoms with van der Waals surface area (Å²) in [6.07, 6.45) is 7.86. The van der Waals surface area contributed by atoms with E-state index in [-0.39, 0.29) is 5.91 Å². The van der Waals surface area contributed by atoms with Crippen LogP contribution in [-0.4, -0.2) is 29.0 Å². The van der Waals surface area contributed by atoms with Gasteiger partial charge in [0.2, 0.25) is 5.91 Å². The van der Waals surface area contributed by atoms with Gasteiger partial charge in [-0.15, -0.1) is 0 Å². The zero-order valence-electron chi connectivity index (χ0n) is 13.1. The number of hydrogen-bond acceptors (Lipinski definition) is 4. The lowest BCUT2D eigenvalue weighted by Gasteiger charge is -2.12. The van der Waals surface area contributed by atoms with Gasteiger partial charge in [0.25, 0.3) is 0 Å². The van der Waals surface area contributed by atoms with Crippen molar-refractivity contribution >= 4 is 11.7 Å². The number of amides is 1. The predicted octanol–water partition coefficient (Wildman–Crippen LogP) is 2.32. The Morgan fingerprint density at radius 1 is 1.24 bits per heavy atom. The fourth-order valence-corrected chi connectivity index (χ4v) is 2.55. The van der Waals surface area contributed by atoms with Crippen LogP contribution in [0.25, 0.3) is 0 Å². The molecule has 1 heterocycles. The molecule has 2 rings (SSSR count). The molecule has 5 heteroatoms. The Kier molecular flexibility index (Phi) is 5.96. The van der Waals surface area contributed by atoms with Crippen LogP contribution in [0.2, 0.25) is 0 Å². The lowest BCUT2D eigenvalue weighted by atomic mass is 10.1. The van der Waals surface area contributed by atoms with Gasteiger partial charge in [-0.1, -0.05) is 20.3 Å². The maximum absolute atomic E-state index is 11.7. The van der Waals surface area contributed by atoms with E-state index in [1.807, 2.05) is 0 Å². The highest BCUT2D eigenvalue weighted by Gasteiger charge is 2.14. The average Bonchev–Trinajstić information content (AvgIpc) is 2.71. The summed E-state index contributed by atoms with van der Waals surface area (Å²) in [5, 5.41) is 6.24. The molecule has 1 aliphatic rings. The molecule has 0 saturated carbocycles. The summed E-state index contributed by atoms with van der Waals surface area (Å²) in [5.41, 5.74) is 2.42. The van der Waals surface area contributed by atoms with Crippen LogP contribution >= 0.6 is 0 Å². The van der Waals surface area contributed by atoms with Crippen molar-refractivity contribution in [2.45, 2.75) is 52.4 Å². The molecule has 1 amide bonds. The van der Waals surface area contributed by atoms with Crippen molar-refractivity contribution in [2.75, 3.05) is 18.4 Å². The number of aromatic nitrogens is 2. The maximum Gasteiger partial charge on any atom is 0.221 e. The van der Waals surface area contributed by atoms with Crippen molar-refractivity contribution in [1.29, 1.82) is 0 Å². The summed E-state index contributed by atoms with van der Waals surface area (Å²) in [5.74, 6) is 1.49. The molecule has 0 aromatic carbocycles. The number of carbonyl (C=O) groups is 1. The van der Waals surface area contributed by atoms with Gasteiger partial charge in [0.15, 0.2) is 0 Å². The molecular weight excluding hydrogens is 264 g/mol. The molecule has 1 aromatic heterocycles. The third-order valence-electron chi connectivity index (χ3n) is 3.73. The van der Waals surface area contributed by atoms with Crippen LogP contribution in [0.5, 0.6) is 0 Å². The third kappa shape index (κ3) is 4.99. The normalized spacial score (nSPS) is 14.4. The van der Waals surface area contributed by atoms with Crippen LogP contribution in [0, 0.1) is 5.92 Å². The van der Waals surface area contributed by atoms with E-state index in [9.17, 15) is 4.79 Å². The average molecular weight is 290 g/mol. The molecule has 0 aliphatic heterocycles. The van der Waals surface area contributed by atoms with Gasteiger partial charge in [0.1, 0.15) is 12.1 Å². The molecule has 116 valence electrons. The Morgan fingerprint density at radius 3 is 2.86 bits per heavy atom. The number of anilines is 1. The molecule has 0 fully saturated rings. The molecule has 0 atom stereocenters. The predicted molar refractivity (Wildman–Crippen MR) is 84.2 cm³/mol. The molecule has 1 aromatic rings. The van der Waals surface area contributed by atoms with E-state index >= 15 is 0 Å². The monoisotopic (exact) mass is 290 g/mol. The number of rotatable bonds is 6. The molecule has 1 aliphatic carbocycles. The number of nitrogens with one attached hydrogen (secondary N) is 2. The van der Waals surface area contributed by atoms with Crippen molar-refractivity contribution in [2.24, 2.45) is 5.92 Å². The number of aryl methyl sites for hydroxylation is 1. The first-order valence-corrected chi connectivity index (χ1v) is 8.00. The molecule has 21 heavy (non-hydrogen) atoms. The minimum atomic E-state index is 0.0938. The van der Waals surface area contributed by atoms with Gasteiger partial charge in [-0.2, -0.15) is 0 Å². The second-order valence-electron chi connectivity index (χ2n) is 6.08. The highest BCUT2D eigenvalue weighted by Crippen LogP contribution is 2.23. The Balaban J connectivity index is 1.85. The van der Waals surface area contributed by atoms with Crippen molar-refractivity contribution < 1.29 is 4.79 Å². The second kappa shape index (κ2) is 7.96. The Hall–Kier alpha value is -1.65. The minimum Gasteiger partial charge on any atom is -0.369 e. The van der Waals surface area contributed by atoms with E-state index in [2.05, 4.69) is 34.4 Å². The molecule has 2 N–H and O–H groups in total. The van der Waals surface area contributed by atoms with Crippen molar-refractivity contribution in [1.82, 2.24) is 15.3 Å². The van der Waals surface area contributed by atoms with E-state index in [1.165, 1.54) is 30.5 Å². The highest BCUT2D eigenvalue weighted by molar-refractivity contribution is 5.76. The number of nitrogens with zero attached hydrogens (tertiary/aromatic N) is 2. The molecule has 0 radical (unpaired) electrons. The van der Waals surface area contributed by atoms with Gasteiger partial charge >= 0.3 is 0 Å². The fourth-order valence-electron chi connectivity index (χ4n) is 2.55. The van der Waals surface area contributed by atoms with Crippen molar-refractivity contribution in [3.63, 3.8) is 0 Å². The summed E-state index contributed by atoms with van der Waals surface area (Å²) in [7, 11) is 0. The van der Waals surface area contributed by atoms with Gasteiger partial charge < -0.3 is 10.6 Å². The van der Waals surface area contributed by atoms with Crippen LogP contribution in [0.15, 0.2) is 6.33 Å². The van der Waals surface area contributed by atoms with Crippen LogP contribution in [0.1, 0.15) is 50.8 Å². The molecule has 0 unspecified atom stereocenters. The summed E-state index contributed by atoms with van der Waals surface area (Å²) in [4.78, 5) is 20.4. The largest absolute Gasteiger partial charge is 0.369 e. The zero-order chi connectivity index (χ0) is 15.1. The fraction of sp³-hybridized carbons (Fsp3) is 0.688. The Bertz CT molecular complexity index is 473. The lowest BCUT2D eigenvalue weighted by Crippen LogP contribution is -2.28. The summed E-state index contributed by atoms with van der Waals surface area (Å²) in [6, 6.07) is 0. The van der Waals surface area contributed by atoms with E-state index in [4.69, 9.17) is 0 Å². The summed E-state index contributed by atoms with van der Waals surface area (Å²) in [6.45, 7) is 5.54. The second-order valence-corrected chi connectivity index (χ2v) is 6.08. The Labute approximate surface area is 127 Å². The van der Waals surface area contributed by atoms with Crippen LogP contribution in [0.4, 0.5) is 5.82 Å². The molecule has 0 bridgehead atoms. The van der Waals surface area contributed by atoms with E-state index in [0.717, 1.165) is 25.2 Å². The van der Waals surface area contributed by atoms with Gasteiger partial charge in [-0.3, -0.25) is 4.79 Å².